The Morgan fingerprint density at radius 1 is 0.927 bits per heavy atom. The second-order valence-electron chi connectivity index (χ2n) is 8.68. The van der Waals surface area contributed by atoms with Gasteiger partial charge in [-0.15, -0.1) is 0 Å². The van der Waals surface area contributed by atoms with E-state index in [1.54, 1.807) is 0 Å². The molecule has 1 fully saturated rings. The van der Waals surface area contributed by atoms with Gasteiger partial charge in [-0.05, 0) is 24.1 Å². The number of nitrogens with one attached hydrogen (secondary N) is 2. The molecule has 0 bridgehead atoms. The molecule has 222 valence electrons. The van der Waals surface area contributed by atoms with Crippen LogP contribution in [0, 0.1) is 0 Å². The first kappa shape index (κ1) is 31.6. The Morgan fingerprint density at radius 2 is 1.54 bits per heavy atom. The van der Waals surface area contributed by atoms with Gasteiger partial charge in [0.05, 0.1) is 76.3 Å². The summed E-state index contributed by atoms with van der Waals surface area (Å²) in [4.78, 5) is 65.5. The molecule has 5 amide bonds. The van der Waals surface area contributed by atoms with Crippen LogP contribution in [0.25, 0.3) is 10.4 Å². The average molecular weight is 577 g/mol. The van der Waals surface area contributed by atoms with E-state index >= 15 is 0 Å². The first-order valence-electron chi connectivity index (χ1n) is 13.0. The first-order chi connectivity index (χ1) is 19.9. The number of imide groups is 2. The molecule has 1 aromatic carbocycles. The van der Waals surface area contributed by atoms with Crippen molar-refractivity contribution in [1.29, 1.82) is 0 Å². The molecule has 2 aliphatic heterocycles. The zero-order chi connectivity index (χ0) is 29.5. The molecule has 0 radical (unpaired) electrons. The predicted octanol–water partition coefficient (Wildman–Crippen LogP) is 0.420. The molecule has 2 aliphatic rings. The molecule has 41 heavy (non-hydrogen) atoms. The van der Waals surface area contributed by atoms with Crippen molar-refractivity contribution in [1.82, 2.24) is 10.2 Å². The molecule has 2 heterocycles. The number of benzene rings is 1. The number of carbonyl (C=O) groups excluding carboxylic acids is 5. The van der Waals surface area contributed by atoms with Crippen molar-refractivity contribution in [3.05, 3.63) is 39.8 Å². The third kappa shape index (κ3) is 9.60. The summed E-state index contributed by atoms with van der Waals surface area (Å²) in [6.45, 7) is 2.97. The summed E-state index contributed by atoms with van der Waals surface area (Å²) in [5, 5.41) is 8.06. The van der Waals surface area contributed by atoms with Crippen molar-refractivity contribution in [2.45, 2.75) is 18.9 Å². The number of hydrogen-bond donors (Lipinski definition) is 2. The van der Waals surface area contributed by atoms with Crippen LogP contribution >= 0.6 is 0 Å². The molecule has 16 nitrogen and oxygen atoms in total. The monoisotopic (exact) mass is 576 g/mol. The summed E-state index contributed by atoms with van der Waals surface area (Å²) in [6, 6.07) is 3.34. The largest absolute Gasteiger partial charge is 0.379 e. The number of fused-ring (bicyclic) bond motifs is 1. The Balaban J connectivity index is 1.27. The van der Waals surface area contributed by atoms with Gasteiger partial charge in [0, 0.05) is 17.9 Å². The number of piperidine rings is 1. The Hall–Kier alpha value is -3.92. The highest BCUT2D eigenvalue weighted by Gasteiger charge is 2.45. The summed E-state index contributed by atoms with van der Waals surface area (Å²) in [7, 11) is 0. The van der Waals surface area contributed by atoms with Gasteiger partial charge in [-0.2, -0.15) is 0 Å². The minimum Gasteiger partial charge on any atom is -0.379 e. The van der Waals surface area contributed by atoms with Gasteiger partial charge in [-0.3, -0.25) is 34.2 Å². The number of amides is 5. The molecule has 1 atom stereocenters. The fourth-order valence-electron chi connectivity index (χ4n) is 4.00. The summed E-state index contributed by atoms with van der Waals surface area (Å²) in [5.41, 5.74) is 8.31. The van der Waals surface area contributed by atoms with Crippen LogP contribution in [0.4, 0.5) is 5.69 Å². The number of azide groups is 1. The Kier molecular flexibility index (Phi) is 13.1. The van der Waals surface area contributed by atoms with Crippen molar-refractivity contribution in [3.63, 3.8) is 0 Å². The van der Waals surface area contributed by atoms with Gasteiger partial charge in [0.25, 0.3) is 11.8 Å². The van der Waals surface area contributed by atoms with E-state index in [1.165, 1.54) is 18.2 Å². The lowest BCUT2D eigenvalue weighted by Gasteiger charge is -2.27. The van der Waals surface area contributed by atoms with E-state index in [9.17, 15) is 24.0 Å². The fraction of sp³-hybridized carbons (Fsp3) is 0.560. The summed E-state index contributed by atoms with van der Waals surface area (Å²) >= 11 is 0. The molecule has 16 heteroatoms. The van der Waals surface area contributed by atoms with E-state index in [1.807, 2.05) is 0 Å². The molecule has 1 unspecified atom stereocenters. The van der Waals surface area contributed by atoms with Crippen LogP contribution in [0.3, 0.4) is 0 Å². The Labute approximate surface area is 235 Å². The van der Waals surface area contributed by atoms with E-state index in [0.717, 1.165) is 4.90 Å². The fourth-order valence-corrected chi connectivity index (χ4v) is 4.00. The van der Waals surface area contributed by atoms with Crippen molar-refractivity contribution in [3.8, 4) is 0 Å². The highest BCUT2D eigenvalue weighted by Crippen LogP contribution is 2.32. The zero-order valence-electron chi connectivity index (χ0n) is 22.4. The maximum atomic E-state index is 13.1. The third-order valence-electron chi connectivity index (χ3n) is 5.86. The van der Waals surface area contributed by atoms with Gasteiger partial charge in [-0.1, -0.05) is 11.2 Å². The van der Waals surface area contributed by atoms with Gasteiger partial charge >= 0.3 is 0 Å². The lowest BCUT2D eigenvalue weighted by molar-refractivity contribution is -0.136. The van der Waals surface area contributed by atoms with Crippen LogP contribution in [-0.4, -0.2) is 113 Å². The van der Waals surface area contributed by atoms with Crippen LogP contribution in [0.15, 0.2) is 23.3 Å². The highest BCUT2D eigenvalue weighted by atomic mass is 16.6. The minimum absolute atomic E-state index is 0.0105. The van der Waals surface area contributed by atoms with Gasteiger partial charge in [0.1, 0.15) is 12.6 Å². The predicted molar refractivity (Wildman–Crippen MR) is 140 cm³/mol. The standard InChI is InChI=1S/C25H32N6O10/c26-30-27-6-7-37-8-9-38-10-11-39-12-13-40-14-15-41-16-21(33)28-18-3-1-2-17-22(18)25(36)31(24(17)35)19-4-5-20(32)29-23(19)34/h1-3,19H,4-16H2,(H,28,33)(H,29,32,34). The summed E-state index contributed by atoms with van der Waals surface area (Å²) < 4.78 is 26.6. The maximum Gasteiger partial charge on any atom is 0.264 e. The molecule has 0 aromatic heterocycles. The topological polar surface area (TPSA) is 208 Å². The third-order valence-corrected chi connectivity index (χ3v) is 5.86. The van der Waals surface area contributed by atoms with E-state index in [2.05, 4.69) is 20.7 Å². The molecule has 1 saturated heterocycles. The molecular weight excluding hydrogens is 544 g/mol. The number of nitrogens with zero attached hydrogens (tertiary/aromatic N) is 4. The maximum absolute atomic E-state index is 13.1. The Bertz CT molecular complexity index is 1160. The van der Waals surface area contributed by atoms with Crippen LogP contribution < -0.4 is 10.6 Å². The summed E-state index contributed by atoms with van der Waals surface area (Å²) in [6.07, 6.45) is 0.0454. The van der Waals surface area contributed by atoms with Gasteiger partial charge < -0.3 is 29.0 Å². The molecule has 2 N–H and O–H groups in total. The molecule has 0 aliphatic carbocycles. The molecule has 3 rings (SSSR count). The minimum atomic E-state index is -1.10. The lowest BCUT2D eigenvalue weighted by atomic mass is 10.0. The summed E-state index contributed by atoms with van der Waals surface area (Å²) in [5.74, 6) is -3.09. The Morgan fingerprint density at radius 3 is 2.15 bits per heavy atom. The second-order valence-corrected chi connectivity index (χ2v) is 8.68. The van der Waals surface area contributed by atoms with Crippen LogP contribution in [0.5, 0.6) is 0 Å². The highest BCUT2D eigenvalue weighted by molar-refractivity contribution is 6.26. The quantitative estimate of drug-likeness (QED) is 0.0762. The smallest absolute Gasteiger partial charge is 0.264 e. The molecule has 0 spiro atoms. The van der Waals surface area contributed by atoms with Crippen molar-refractivity contribution in [2.24, 2.45) is 5.11 Å². The molecular formula is C25H32N6O10. The number of anilines is 1. The van der Waals surface area contributed by atoms with Crippen LogP contribution in [-0.2, 0) is 38.1 Å². The van der Waals surface area contributed by atoms with E-state index in [0.29, 0.717) is 46.2 Å². The zero-order valence-corrected chi connectivity index (χ0v) is 22.4. The average Bonchev–Trinajstić information content (AvgIpc) is 3.20. The second kappa shape index (κ2) is 17.0. The van der Waals surface area contributed by atoms with Crippen molar-refractivity contribution >= 4 is 35.2 Å². The SMILES string of the molecule is [N-]=[N+]=NCCOCCOCCOCCOCCOCC(=O)Nc1cccc2c1C(=O)N(C1CCC(=O)NC1=O)C2=O. The van der Waals surface area contributed by atoms with Gasteiger partial charge in [0.2, 0.25) is 17.7 Å². The van der Waals surface area contributed by atoms with E-state index in [-0.39, 0.29) is 56.0 Å². The number of ether oxygens (including phenoxy) is 5. The van der Waals surface area contributed by atoms with E-state index in [4.69, 9.17) is 29.2 Å². The number of hydrogen-bond acceptors (Lipinski definition) is 11. The molecule has 0 saturated carbocycles. The van der Waals surface area contributed by atoms with Crippen molar-refractivity contribution < 1.29 is 47.7 Å². The molecule has 1 aromatic rings. The number of carbonyl (C=O) groups is 5. The van der Waals surface area contributed by atoms with E-state index < -0.39 is 35.6 Å². The normalized spacial score (nSPS) is 16.4. The lowest BCUT2D eigenvalue weighted by Crippen LogP contribution is -2.54. The van der Waals surface area contributed by atoms with Crippen molar-refractivity contribution in [2.75, 3.05) is 77.9 Å². The first-order valence-corrected chi connectivity index (χ1v) is 13.0. The van der Waals surface area contributed by atoms with Crippen LogP contribution in [0.2, 0.25) is 0 Å². The van der Waals surface area contributed by atoms with Gasteiger partial charge in [0.15, 0.2) is 0 Å². The van der Waals surface area contributed by atoms with Gasteiger partial charge in [-0.25, -0.2) is 0 Å². The van der Waals surface area contributed by atoms with Crippen LogP contribution in [0.1, 0.15) is 33.6 Å². The number of rotatable bonds is 19.